The van der Waals surface area contributed by atoms with Crippen LogP contribution in [0.1, 0.15) is 27.4 Å². The smallest absolute Gasteiger partial charge is 0.224 e. The number of furan rings is 1. The number of carbonyl (C=O) groups excluding carboxylic acids is 1. The van der Waals surface area contributed by atoms with E-state index in [4.69, 9.17) is 4.42 Å². The largest absolute Gasteiger partial charge is 0.507 e. The minimum atomic E-state index is -0.443. The van der Waals surface area contributed by atoms with Gasteiger partial charge in [-0.05, 0) is 42.0 Å². The summed E-state index contributed by atoms with van der Waals surface area (Å²) in [7, 11) is 0. The second-order valence-electron chi connectivity index (χ2n) is 5.20. The Balaban J connectivity index is 1.73. The molecule has 5 heteroatoms. The predicted octanol–water partition coefficient (Wildman–Crippen LogP) is 4.19. The van der Waals surface area contributed by atoms with Gasteiger partial charge in [0.2, 0.25) is 5.78 Å². The Kier molecular flexibility index (Phi) is 4.52. The molecule has 2 heterocycles. The Morgan fingerprint density at radius 2 is 1.96 bits per heavy atom. The van der Waals surface area contributed by atoms with E-state index >= 15 is 0 Å². The number of halogens is 1. The molecule has 0 radical (unpaired) electrons. The summed E-state index contributed by atoms with van der Waals surface area (Å²) in [5.74, 6) is -0.210. The molecule has 0 aliphatic rings. The van der Waals surface area contributed by atoms with E-state index in [1.165, 1.54) is 18.3 Å². The highest BCUT2D eigenvalue weighted by molar-refractivity contribution is 6.05. The molecular formula is C19H14FNO3. The van der Waals surface area contributed by atoms with Crippen LogP contribution >= 0.6 is 0 Å². The molecule has 0 aliphatic heterocycles. The first-order valence-electron chi connectivity index (χ1n) is 7.30. The molecule has 3 rings (SSSR count). The average Bonchev–Trinajstić information content (AvgIpc) is 3.06. The second-order valence-corrected chi connectivity index (χ2v) is 5.20. The zero-order valence-corrected chi connectivity index (χ0v) is 12.6. The zero-order valence-electron chi connectivity index (χ0n) is 12.6. The predicted molar refractivity (Wildman–Crippen MR) is 87.1 cm³/mol. The SMILES string of the molecule is O=C(/C=C(\O)c1cccnc1)c1ccc(Cc2ccc(F)cc2)o1. The minimum absolute atomic E-state index is 0.127. The van der Waals surface area contributed by atoms with Crippen molar-refractivity contribution in [2.24, 2.45) is 0 Å². The summed E-state index contributed by atoms with van der Waals surface area (Å²) in [5.41, 5.74) is 1.32. The molecule has 0 saturated carbocycles. The van der Waals surface area contributed by atoms with Crippen molar-refractivity contribution >= 4 is 11.5 Å². The molecule has 1 aromatic carbocycles. The Labute approximate surface area is 137 Å². The van der Waals surface area contributed by atoms with Crippen molar-refractivity contribution in [3.8, 4) is 0 Å². The summed E-state index contributed by atoms with van der Waals surface area (Å²) in [6, 6.07) is 12.6. The lowest BCUT2D eigenvalue weighted by Crippen LogP contribution is -1.95. The van der Waals surface area contributed by atoms with Gasteiger partial charge in [0.25, 0.3) is 0 Å². The molecule has 4 nitrogen and oxygen atoms in total. The van der Waals surface area contributed by atoms with Gasteiger partial charge in [0.05, 0.1) is 0 Å². The Hall–Kier alpha value is -3.21. The van der Waals surface area contributed by atoms with Crippen LogP contribution < -0.4 is 0 Å². The van der Waals surface area contributed by atoms with Crippen molar-refractivity contribution in [3.05, 3.63) is 95.5 Å². The quantitative estimate of drug-likeness (QED) is 0.434. The number of allylic oxidation sites excluding steroid dienone is 1. The summed E-state index contributed by atoms with van der Waals surface area (Å²) in [4.78, 5) is 16.0. The minimum Gasteiger partial charge on any atom is -0.507 e. The number of nitrogens with zero attached hydrogens (tertiary/aromatic N) is 1. The maximum Gasteiger partial charge on any atom is 0.224 e. The third-order valence-corrected chi connectivity index (χ3v) is 3.42. The molecule has 1 N–H and O–H groups in total. The molecule has 0 amide bonds. The van der Waals surface area contributed by atoms with E-state index in [1.807, 2.05) is 0 Å². The summed E-state index contributed by atoms with van der Waals surface area (Å²) in [6.07, 6.45) is 4.58. The summed E-state index contributed by atoms with van der Waals surface area (Å²) in [6.45, 7) is 0. The fourth-order valence-electron chi connectivity index (χ4n) is 2.20. The van der Waals surface area contributed by atoms with Crippen molar-refractivity contribution in [1.29, 1.82) is 0 Å². The lowest BCUT2D eigenvalue weighted by molar-refractivity contribution is 0.101. The number of aromatic nitrogens is 1. The van der Waals surface area contributed by atoms with E-state index < -0.39 is 5.78 Å². The molecule has 0 saturated heterocycles. The number of carbonyl (C=O) groups is 1. The van der Waals surface area contributed by atoms with Crippen LogP contribution in [0.2, 0.25) is 0 Å². The van der Waals surface area contributed by atoms with Crippen molar-refractivity contribution in [3.63, 3.8) is 0 Å². The molecule has 0 atom stereocenters. The molecule has 0 aliphatic carbocycles. The van der Waals surface area contributed by atoms with Gasteiger partial charge in [-0.15, -0.1) is 0 Å². The van der Waals surface area contributed by atoms with Gasteiger partial charge in [0.15, 0.2) is 5.76 Å². The molecule has 24 heavy (non-hydrogen) atoms. The van der Waals surface area contributed by atoms with Crippen molar-refractivity contribution in [2.75, 3.05) is 0 Å². The molecule has 0 spiro atoms. The number of benzene rings is 1. The van der Waals surface area contributed by atoms with Gasteiger partial charge in [-0.1, -0.05) is 12.1 Å². The normalized spacial score (nSPS) is 11.5. The number of hydrogen-bond donors (Lipinski definition) is 1. The first kappa shape index (κ1) is 15.7. The van der Waals surface area contributed by atoms with Crippen LogP contribution in [0.4, 0.5) is 4.39 Å². The Morgan fingerprint density at radius 1 is 1.17 bits per heavy atom. The first-order valence-corrected chi connectivity index (χ1v) is 7.30. The molecule has 2 aromatic heterocycles. The van der Waals surface area contributed by atoms with Crippen molar-refractivity contribution < 1.29 is 18.7 Å². The van der Waals surface area contributed by atoms with Gasteiger partial charge < -0.3 is 9.52 Å². The van der Waals surface area contributed by atoms with Crippen LogP contribution in [-0.4, -0.2) is 15.9 Å². The highest BCUT2D eigenvalue weighted by Gasteiger charge is 2.11. The van der Waals surface area contributed by atoms with E-state index in [0.717, 1.165) is 11.6 Å². The van der Waals surface area contributed by atoms with Gasteiger partial charge in [0, 0.05) is 30.5 Å². The van der Waals surface area contributed by atoms with Crippen LogP contribution in [0, 0.1) is 5.82 Å². The van der Waals surface area contributed by atoms with Gasteiger partial charge in [0.1, 0.15) is 17.3 Å². The zero-order chi connectivity index (χ0) is 16.9. The maximum absolute atomic E-state index is 12.9. The number of pyridine rings is 1. The number of ketones is 1. The van der Waals surface area contributed by atoms with Crippen LogP contribution in [0.5, 0.6) is 0 Å². The van der Waals surface area contributed by atoms with Gasteiger partial charge in [-0.3, -0.25) is 9.78 Å². The summed E-state index contributed by atoms with van der Waals surface area (Å²) < 4.78 is 18.4. The lowest BCUT2D eigenvalue weighted by atomic mass is 10.1. The van der Waals surface area contributed by atoms with E-state index in [2.05, 4.69) is 4.98 Å². The number of aliphatic hydroxyl groups excluding tert-OH is 1. The fourth-order valence-corrected chi connectivity index (χ4v) is 2.20. The maximum atomic E-state index is 12.9. The van der Waals surface area contributed by atoms with Gasteiger partial charge in [-0.2, -0.15) is 0 Å². The Morgan fingerprint density at radius 3 is 2.67 bits per heavy atom. The number of aliphatic hydroxyl groups is 1. The number of hydrogen-bond acceptors (Lipinski definition) is 4. The summed E-state index contributed by atoms with van der Waals surface area (Å²) >= 11 is 0. The molecule has 0 unspecified atom stereocenters. The lowest BCUT2D eigenvalue weighted by Gasteiger charge is -1.99. The third-order valence-electron chi connectivity index (χ3n) is 3.42. The number of rotatable bonds is 5. The van der Waals surface area contributed by atoms with Crippen LogP contribution in [0.15, 0.2) is 71.4 Å². The Bertz CT molecular complexity index is 867. The first-order chi connectivity index (χ1) is 11.6. The molecule has 120 valence electrons. The third kappa shape index (κ3) is 3.76. The van der Waals surface area contributed by atoms with Crippen LogP contribution in [0.25, 0.3) is 5.76 Å². The molecule has 0 bridgehead atoms. The summed E-state index contributed by atoms with van der Waals surface area (Å²) in [5, 5.41) is 9.94. The standard InChI is InChI=1S/C19H14FNO3/c20-15-5-3-13(4-6-15)10-16-7-8-19(24-16)18(23)11-17(22)14-2-1-9-21-12-14/h1-9,11-12,22H,10H2/b17-11-. The van der Waals surface area contributed by atoms with E-state index in [1.54, 1.807) is 42.6 Å². The van der Waals surface area contributed by atoms with Crippen molar-refractivity contribution in [1.82, 2.24) is 4.98 Å². The van der Waals surface area contributed by atoms with Crippen LogP contribution in [0.3, 0.4) is 0 Å². The highest BCUT2D eigenvalue weighted by atomic mass is 19.1. The highest BCUT2D eigenvalue weighted by Crippen LogP contribution is 2.16. The van der Waals surface area contributed by atoms with E-state index in [0.29, 0.717) is 17.7 Å². The monoisotopic (exact) mass is 323 g/mol. The van der Waals surface area contributed by atoms with Gasteiger partial charge >= 0.3 is 0 Å². The molecule has 0 fully saturated rings. The topological polar surface area (TPSA) is 63.3 Å². The molecule has 3 aromatic rings. The van der Waals surface area contributed by atoms with E-state index in [9.17, 15) is 14.3 Å². The van der Waals surface area contributed by atoms with E-state index in [-0.39, 0.29) is 17.3 Å². The fraction of sp³-hybridized carbons (Fsp3) is 0.0526. The van der Waals surface area contributed by atoms with Gasteiger partial charge in [-0.25, -0.2) is 4.39 Å². The average molecular weight is 323 g/mol. The van der Waals surface area contributed by atoms with Crippen LogP contribution in [-0.2, 0) is 6.42 Å². The second kappa shape index (κ2) is 6.91. The molecular weight excluding hydrogens is 309 g/mol. The van der Waals surface area contributed by atoms with Crippen molar-refractivity contribution in [2.45, 2.75) is 6.42 Å².